The molecule has 20 heavy (non-hydrogen) atoms. The van der Waals surface area contributed by atoms with Crippen LogP contribution < -0.4 is 4.90 Å². The van der Waals surface area contributed by atoms with Crippen LogP contribution in [0, 0.1) is 0 Å². The zero-order chi connectivity index (χ0) is 14.4. The summed E-state index contributed by atoms with van der Waals surface area (Å²) in [6.07, 6.45) is 1.66. The van der Waals surface area contributed by atoms with Gasteiger partial charge in [-0.3, -0.25) is 0 Å². The number of nitrogens with zero attached hydrogens (tertiary/aromatic N) is 3. The SMILES string of the molecule is CC(C)c1cc(N(CCBr)Cc2ccccc2)ncn1. The number of hydrogen-bond acceptors (Lipinski definition) is 3. The summed E-state index contributed by atoms with van der Waals surface area (Å²) in [4.78, 5) is 11.0. The molecule has 3 nitrogen and oxygen atoms in total. The standard InChI is InChI=1S/C16H20BrN3/c1-13(2)15-10-16(19-12-18-15)20(9-8-17)11-14-6-4-3-5-7-14/h3-7,10,12-13H,8-9,11H2,1-2H3. The van der Waals surface area contributed by atoms with Crippen molar-refractivity contribution in [3.05, 3.63) is 54.0 Å². The summed E-state index contributed by atoms with van der Waals surface area (Å²) >= 11 is 3.52. The van der Waals surface area contributed by atoms with Gasteiger partial charge in [0.2, 0.25) is 0 Å². The largest absolute Gasteiger partial charge is 0.351 e. The Morgan fingerprint density at radius 1 is 1.15 bits per heavy atom. The highest BCUT2D eigenvalue weighted by Crippen LogP contribution is 2.19. The Morgan fingerprint density at radius 2 is 1.90 bits per heavy atom. The summed E-state index contributed by atoms with van der Waals surface area (Å²) in [6.45, 7) is 6.08. The van der Waals surface area contributed by atoms with Crippen molar-refractivity contribution < 1.29 is 0 Å². The quantitative estimate of drug-likeness (QED) is 0.748. The molecule has 0 atom stereocenters. The third-order valence-corrected chi connectivity index (χ3v) is 3.51. The van der Waals surface area contributed by atoms with Crippen molar-refractivity contribution >= 4 is 21.7 Å². The topological polar surface area (TPSA) is 29.0 Å². The smallest absolute Gasteiger partial charge is 0.132 e. The van der Waals surface area contributed by atoms with Crippen LogP contribution in [0.1, 0.15) is 31.0 Å². The lowest BCUT2D eigenvalue weighted by Crippen LogP contribution is -2.26. The maximum atomic E-state index is 4.43. The molecule has 0 saturated heterocycles. The molecule has 2 aromatic rings. The molecule has 0 aliphatic heterocycles. The van der Waals surface area contributed by atoms with Crippen LogP contribution in [0.3, 0.4) is 0 Å². The number of rotatable bonds is 6. The molecule has 0 amide bonds. The van der Waals surface area contributed by atoms with E-state index in [1.54, 1.807) is 6.33 Å². The molecule has 0 spiro atoms. The highest BCUT2D eigenvalue weighted by molar-refractivity contribution is 9.09. The summed E-state index contributed by atoms with van der Waals surface area (Å²) in [7, 11) is 0. The molecule has 0 aliphatic rings. The molecule has 1 aromatic carbocycles. The molecule has 1 heterocycles. The van der Waals surface area contributed by atoms with Gasteiger partial charge >= 0.3 is 0 Å². The average Bonchev–Trinajstić information content (AvgIpc) is 2.48. The molecular formula is C16H20BrN3. The molecule has 0 saturated carbocycles. The van der Waals surface area contributed by atoms with Gasteiger partial charge in [0.05, 0.1) is 0 Å². The van der Waals surface area contributed by atoms with E-state index in [-0.39, 0.29) is 0 Å². The monoisotopic (exact) mass is 333 g/mol. The fourth-order valence-electron chi connectivity index (χ4n) is 2.03. The van der Waals surface area contributed by atoms with E-state index in [0.29, 0.717) is 5.92 Å². The summed E-state index contributed by atoms with van der Waals surface area (Å²) in [5.74, 6) is 1.41. The Labute approximate surface area is 129 Å². The van der Waals surface area contributed by atoms with E-state index in [2.05, 4.69) is 75.0 Å². The summed E-state index contributed by atoms with van der Waals surface area (Å²) in [5.41, 5.74) is 2.38. The zero-order valence-electron chi connectivity index (χ0n) is 12.0. The molecular weight excluding hydrogens is 314 g/mol. The first-order chi connectivity index (χ1) is 9.70. The van der Waals surface area contributed by atoms with Crippen molar-refractivity contribution in [2.45, 2.75) is 26.3 Å². The van der Waals surface area contributed by atoms with Crippen molar-refractivity contribution in [1.82, 2.24) is 9.97 Å². The lowest BCUT2D eigenvalue weighted by molar-refractivity contribution is 0.783. The van der Waals surface area contributed by atoms with Crippen LogP contribution in [0.15, 0.2) is 42.7 Å². The van der Waals surface area contributed by atoms with E-state index in [1.807, 2.05) is 6.07 Å². The predicted octanol–water partition coefficient (Wildman–Crippen LogP) is 4.00. The number of benzene rings is 1. The maximum Gasteiger partial charge on any atom is 0.132 e. The minimum Gasteiger partial charge on any atom is -0.351 e. The molecule has 4 heteroatoms. The normalized spacial score (nSPS) is 10.8. The van der Waals surface area contributed by atoms with Crippen LogP contribution in [-0.4, -0.2) is 21.8 Å². The highest BCUT2D eigenvalue weighted by atomic mass is 79.9. The fourth-order valence-corrected chi connectivity index (χ4v) is 2.46. The van der Waals surface area contributed by atoms with E-state index in [0.717, 1.165) is 29.9 Å². The minimum absolute atomic E-state index is 0.416. The average molecular weight is 334 g/mol. The first-order valence-corrected chi connectivity index (χ1v) is 7.99. The number of hydrogen-bond donors (Lipinski definition) is 0. The van der Waals surface area contributed by atoms with Crippen molar-refractivity contribution in [3.63, 3.8) is 0 Å². The molecule has 0 aliphatic carbocycles. The Kier molecular flexibility index (Phi) is 5.53. The Bertz CT molecular complexity index is 528. The van der Waals surface area contributed by atoms with Gasteiger partial charge < -0.3 is 4.90 Å². The summed E-state index contributed by atoms with van der Waals surface area (Å²) in [6, 6.07) is 12.6. The number of halogens is 1. The van der Waals surface area contributed by atoms with Gasteiger partial charge in [-0.15, -0.1) is 0 Å². The van der Waals surface area contributed by atoms with Crippen LogP contribution in [-0.2, 0) is 6.54 Å². The fraction of sp³-hybridized carbons (Fsp3) is 0.375. The van der Waals surface area contributed by atoms with Crippen molar-refractivity contribution in [1.29, 1.82) is 0 Å². The Balaban J connectivity index is 2.21. The number of anilines is 1. The molecule has 0 bridgehead atoms. The van der Waals surface area contributed by atoms with Crippen molar-refractivity contribution in [2.75, 3.05) is 16.8 Å². The lowest BCUT2D eigenvalue weighted by atomic mass is 10.1. The molecule has 1 aromatic heterocycles. The van der Waals surface area contributed by atoms with Gasteiger partial charge in [-0.05, 0) is 11.5 Å². The third-order valence-electron chi connectivity index (χ3n) is 3.16. The lowest BCUT2D eigenvalue weighted by Gasteiger charge is -2.23. The molecule has 0 fully saturated rings. The van der Waals surface area contributed by atoms with E-state index in [9.17, 15) is 0 Å². The zero-order valence-corrected chi connectivity index (χ0v) is 13.5. The minimum atomic E-state index is 0.416. The molecule has 0 unspecified atom stereocenters. The number of alkyl halides is 1. The second kappa shape index (κ2) is 7.39. The highest BCUT2D eigenvalue weighted by Gasteiger charge is 2.10. The van der Waals surface area contributed by atoms with Crippen LogP contribution in [0.5, 0.6) is 0 Å². The third kappa shape index (κ3) is 4.04. The van der Waals surface area contributed by atoms with Gasteiger partial charge in [0, 0.05) is 30.2 Å². The van der Waals surface area contributed by atoms with Gasteiger partial charge in [0.25, 0.3) is 0 Å². The van der Waals surface area contributed by atoms with E-state index in [1.165, 1.54) is 5.56 Å². The first kappa shape index (κ1) is 15.0. The second-order valence-corrected chi connectivity index (χ2v) is 5.84. The van der Waals surface area contributed by atoms with Gasteiger partial charge in [-0.25, -0.2) is 9.97 Å². The van der Waals surface area contributed by atoms with Crippen LogP contribution in [0.2, 0.25) is 0 Å². The Morgan fingerprint density at radius 3 is 2.55 bits per heavy atom. The predicted molar refractivity (Wildman–Crippen MR) is 87.4 cm³/mol. The first-order valence-electron chi connectivity index (χ1n) is 6.87. The second-order valence-electron chi connectivity index (χ2n) is 5.05. The Hall–Kier alpha value is -1.42. The molecule has 106 valence electrons. The van der Waals surface area contributed by atoms with Crippen molar-refractivity contribution in [2.24, 2.45) is 0 Å². The van der Waals surface area contributed by atoms with Gasteiger partial charge in [-0.2, -0.15) is 0 Å². The summed E-state index contributed by atoms with van der Waals surface area (Å²) < 4.78 is 0. The number of aromatic nitrogens is 2. The molecule has 0 radical (unpaired) electrons. The summed E-state index contributed by atoms with van der Waals surface area (Å²) in [5, 5.41) is 0.918. The van der Waals surface area contributed by atoms with Crippen LogP contribution in [0.25, 0.3) is 0 Å². The molecule has 2 rings (SSSR count). The van der Waals surface area contributed by atoms with Crippen molar-refractivity contribution in [3.8, 4) is 0 Å². The molecule has 0 N–H and O–H groups in total. The van der Waals surface area contributed by atoms with Crippen LogP contribution in [0.4, 0.5) is 5.82 Å². The van der Waals surface area contributed by atoms with Crippen LogP contribution >= 0.6 is 15.9 Å². The van der Waals surface area contributed by atoms with Gasteiger partial charge in [-0.1, -0.05) is 60.1 Å². The maximum absolute atomic E-state index is 4.43. The van der Waals surface area contributed by atoms with E-state index >= 15 is 0 Å². The van der Waals surface area contributed by atoms with E-state index < -0.39 is 0 Å². The van der Waals surface area contributed by atoms with Gasteiger partial charge in [0.1, 0.15) is 12.1 Å². The van der Waals surface area contributed by atoms with E-state index in [4.69, 9.17) is 0 Å². The van der Waals surface area contributed by atoms with Gasteiger partial charge in [0.15, 0.2) is 0 Å².